The third-order valence-corrected chi connectivity index (χ3v) is 5.04. The van der Waals surface area contributed by atoms with E-state index < -0.39 is 0 Å². The maximum Gasteiger partial charge on any atom is 0.277 e. The van der Waals surface area contributed by atoms with Gasteiger partial charge in [0, 0.05) is 56.3 Å². The molecule has 0 radical (unpaired) electrons. The second kappa shape index (κ2) is 10.5. The van der Waals surface area contributed by atoms with Gasteiger partial charge in [0.15, 0.2) is 6.61 Å². The van der Waals surface area contributed by atoms with E-state index >= 15 is 0 Å². The number of piperidine rings is 1. The lowest BCUT2D eigenvalue weighted by Gasteiger charge is -2.29. The zero-order chi connectivity index (χ0) is 21.3. The van der Waals surface area contributed by atoms with Gasteiger partial charge in [0.25, 0.3) is 5.91 Å². The van der Waals surface area contributed by atoms with Crippen LogP contribution >= 0.6 is 0 Å². The summed E-state index contributed by atoms with van der Waals surface area (Å²) >= 11 is 0. The van der Waals surface area contributed by atoms with Gasteiger partial charge in [0.2, 0.25) is 0 Å². The minimum absolute atomic E-state index is 0.112. The summed E-state index contributed by atoms with van der Waals surface area (Å²) in [4.78, 5) is 16.4. The molecule has 1 heterocycles. The quantitative estimate of drug-likeness (QED) is 0.534. The second-order valence-corrected chi connectivity index (χ2v) is 7.45. The van der Waals surface area contributed by atoms with Crippen LogP contribution in [0.4, 0.5) is 11.4 Å². The van der Waals surface area contributed by atoms with E-state index in [9.17, 15) is 4.79 Å². The zero-order valence-electron chi connectivity index (χ0n) is 17.9. The van der Waals surface area contributed by atoms with Crippen molar-refractivity contribution in [2.24, 2.45) is 5.10 Å². The average molecular weight is 411 g/mol. The fourth-order valence-corrected chi connectivity index (χ4v) is 3.36. The molecule has 160 valence electrons. The molecule has 2 aromatic rings. The molecule has 2 aromatic carbocycles. The molecule has 0 aromatic heterocycles. The normalized spacial score (nSPS) is 13.9. The van der Waals surface area contributed by atoms with Gasteiger partial charge in [-0.1, -0.05) is 6.07 Å². The van der Waals surface area contributed by atoms with Crippen molar-refractivity contribution in [2.75, 3.05) is 50.7 Å². The lowest BCUT2D eigenvalue weighted by atomic mass is 10.1. The molecule has 0 saturated carbocycles. The third kappa shape index (κ3) is 5.89. The van der Waals surface area contributed by atoms with E-state index in [1.54, 1.807) is 13.3 Å². The number of carbonyl (C=O) groups is 1. The molecule has 0 bridgehead atoms. The monoisotopic (exact) mass is 410 g/mol. The van der Waals surface area contributed by atoms with E-state index in [1.807, 2.05) is 55.4 Å². The van der Waals surface area contributed by atoms with Crippen molar-refractivity contribution in [3.05, 3.63) is 48.0 Å². The summed E-state index contributed by atoms with van der Waals surface area (Å²) in [6, 6.07) is 13.6. The highest BCUT2D eigenvalue weighted by Crippen LogP contribution is 2.27. The number of hydrogen-bond acceptors (Lipinski definition) is 6. The Hall–Kier alpha value is -3.22. The Bertz CT molecular complexity index is 877. The first-order chi connectivity index (χ1) is 14.6. The number of methoxy groups -OCH3 is 1. The number of amides is 1. The van der Waals surface area contributed by atoms with Crippen molar-refractivity contribution in [3.8, 4) is 11.5 Å². The van der Waals surface area contributed by atoms with Crippen LogP contribution in [0.3, 0.4) is 0 Å². The van der Waals surface area contributed by atoms with Crippen LogP contribution in [0.2, 0.25) is 0 Å². The summed E-state index contributed by atoms with van der Waals surface area (Å²) in [5, 5.41) is 4.04. The highest BCUT2D eigenvalue weighted by Gasteiger charge is 2.13. The Morgan fingerprint density at radius 1 is 1.17 bits per heavy atom. The standard InChI is InChI=1S/C23H30N4O3/c1-26(2)19-8-7-9-21(14-19)30-17-23(28)25-24-16-18-10-11-20(15-22(18)29-3)27-12-5-4-6-13-27/h7-11,14-16H,4-6,12-13,17H2,1-3H3,(H,25,28)/b24-16+. The smallest absolute Gasteiger partial charge is 0.277 e. The van der Waals surface area contributed by atoms with Crippen LogP contribution in [0.15, 0.2) is 47.6 Å². The molecule has 0 spiro atoms. The molecule has 1 N–H and O–H groups in total. The average Bonchev–Trinajstić information content (AvgIpc) is 2.78. The van der Waals surface area contributed by atoms with Crippen molar-refractivity contribution in [1.82, 2.24) is 5.43 Å². The van der Waals surface area contributed by atoms with Gasteiger partial charge in [-0.05, 0) is 43.5 Å². The van der Waals surface area contributed by atoms with E-state index in [4.69, 9.17) is 9.47 Å². The molecule has 30 heavy (non-hydrogen) atoms. The minimum atomic E-state index is -0.328. The van der Waals surface area contributed by atoms with Crippen molar-refractivity contribution < 1.29 is 14.3 Å². The molecular formula is C23H30N4O3. The molecule has 7 heteroatoms. The number of carbonyl (C=O) groups excluding carboxylic acids is 1. The van der Waals surface area contributed by atoms with Crippen LogP contribution in [0.1, 0.15) is 24.8 Å². The fourth-order valence-electron chi connectivity index (χ4n) is 3.36. The van der Waals surface area contributed by atoms with Gasteiger partial charge in [-0.25, -0.2) is 5.43 Å². The van der Waals surface area contributed by atoms with E-state index in [1.165, 1.54) is 19.3 Å². The maximum absolute atomic E-state index is 12.0. The molecule has 0 unspecified atom stereocenters. The van der Waals surface area contributed by atoms with Crippen LogP contribution in [0.25, 0.3) is 0 Å². The van der Waals surface area contributed by atoms with Crippen molar-refractivity contribution >= 4 is 23.5 Å². The summed E-state index contributed by atoms with van der Waals surface area (Å²) < 4.78 is 11.1. The number of hydrazone groups is 1. The predicted octanol–water partition coefficient (Wildman–Crippen LogP) is 3.28. The number of rotatable bonds is 8. The molecule has 1 aliphatic heterocycles. The Kier molecular flexibility index (Phi) is 7.54. The molecule has 0 atom stereocenters. The van der Waals surface area contributed by atoms with Crippen molar-refractivity contribution in [2.45, 2.75) is 19.3 Å². The SMILES string of the molecule is COc1cc(N2CCCCC2)ccc1/C=N/NC(=O)COc1cccc(N(C)C)c1. The van der Waals surface area contributed by atoms with Crippen LogP contribution in [-0.2, 0) is 4.79 Å². The molecule has 1 amide bonds. The summed E-state index contributed by atoms with van der Waals surface area (Å²) in [6.07, 6.45) is 5.32. The molecule has 7 nitrogen and oxygen atoms in total. The first-order valence-electron chi connectivity index (χ1n) is 10.2. The van der Waals surface area contributed by atoms with E-state index in [0.29, 0.717) is 5.75 Å². The molecule has 1 fully saturated rings. The highest BCUT2D eigenvalue weighted by molar-refractivity contribution is 5.86. The van der Waals surface area contributed by atoms with Crippen LogP contribution in [0, 0.1) is 0 Å². The van der Waals surface area contributed by atoms with Crippen LogP contribution in [-0.4, -0.2) is 53.0 Å². The fraction of sp³-hybridized carbons (Fsp3) is 0.391. The van der Waals surface area contributed by atoms with Gasteiger partial charge in [0.05, 0.1) is 13.3 Å². The molecule has 1 aliphatic rings. The summed E-state index contributed by atoms with van der Waals surface area (Å²) in [5.74, 6) is 1.04. The summed E-state index contributed by atoms with van der Waals surface area (Å²) in [5.41, 5.74) is 5.46. The van der Waals surface area contributed by atoms with Crippen molar-refractivity contribution in [1.29, 1.82) is 0 Å². The molecule has 0 aliphatic carbocycles. The molecule has 1 saturated heterocycles. The summed E-state index contributed by atoms with van der Waals surface area (Å²) in [6.45, 7) is 2.04. The van der Waals surface area contributed by atoms with Crippen LogP contribution in [0.5, 0.6) is 11.5 Å². The highest BCUT2D eigenvalue weighted by atomic mass is 16.5. The topological polar surface area (TPSA) is 66.4 Å². The lowest BCUT2D eigenvalue weighted by Crippen LogP contribution is -2.29. The second-order valence-electron chi connectivity index (χ2n) is 7.45. The van der Waals surface area contributed by atoms with Gasteiger partial charge >= 0.3 is 0 Å². The number of anilines is 2. The number of nitrogens with zero attached hydrogens (tertiary/aromatic N) is 3. The Morgan fingerprint density at radius 3 is 2.70 bits per heavy atom. The largest absolute Gasteiger partial charge is 0.496 e. The van der Waals surface area contributed by atoms with Gasteiger partial charge in [-0.2, -0.15) is 5.10 Å². The lowest BCUT2D eigenvalue weighted by molar-refractivity contribution is -0.123. The van der Waals surface area contributed by atoms with Gasteiger partial charge < -0.3 is 19.3 Å². The Balaban J connectivity index is 1.54. The molecular weight excluding hydrogens is 380 g/mol. The van der Waals surface area contributed by atoms with Crippen molar-refractivity contribution in [3.63, 3.8) is 0 Å². The Labute approximate surface area is 178 Å². The number of hydrogen-bond donors (Lipinski definition) is 1. The van der Waals surface area contributed by atoms with E-state index in [0.717, 1.165) is 35.8 Å². The van der Waals surface area contributed by atoms with Gasteiger partial charge in [-0.15, -0.1) is 0 Å². The number of ether oxygens (including phenoxy) is 2. The molecule has 3 rings (SSSR count). The first kappa shape index (κ1) is 21.5. The number of benzene rings is 2. The van der Waals surface area contributed by atoms with Gasteiger partial charge in [0.1, 0.15) is 11.5 Å². The summed E-state index contributed by atoms with van der Waals surface area (Å²) in [7, 11) is 5.54. The Morgan fingerprint density at radius 2 is 1.97 bits per heavy atom. The minimum Gasteiger partial charge on any atom is -0.496 e. The number of nitrogens with one attached hydrogen (secondary N) is 1. The maximum atomic E-state index is 12.0. The third-order valence-electron chi connectivity index (χ3n) is 5.04. The first-order valence-corrected chi connectivity index (χ1v) is 10.2. The van der Waals surface area contributed by atoms with Gasteiger partial charge in [-0.3, -0.25) is 4.79 Å². The van der Waals surface area contributed by atoms with E-state index in [2.05, 4.69) is 21.5 Å². The van der Waals surface area contributed by atoms with Crippen LogP contribution < -0.4 is 24.7 Å². The van der Waals surface area contributed by atoms with E-state index in [-0.39, 0.29) is 12.5 Å². The zero-order valence-corrected chi connectivity index (χ0v) is 17.9. The predicted molar refractivity (Wildman–Crippen MR) is 121 cm³/mol.